The lowest BCUT2D eigenvalue weighted by molar-refractivity contribution is 0.0714. The van der Waals surface area contributed by atoms with E-state index in [-0.39, 0.29) is 5.91 Å². The fourth-order valence-corrected chi connectivity index (χ4v) is 3.53. The number of hydrogen-bond acceptors (Lipinski definition) is 2. The van der Waals surface area contributed by atoms with Crippen molar-refractivity contribution in [2.45, 2.75) is 49.5 Å². The van der Waals surface area contributed by atoms with Gasteiger partial charge in [0, 0.05) is 22.5 Å². The molecule has 0 atom stereocenters. The van der Waals surface area contributed by atoms with Crippen molar-refractivity contribution in [2.75, 3.05) is 7.05 Å². The highest BCUT2D eigenvalue weighted by Gasteiger charge is 2.23. The summed E-state index contributed by atoms with van der Waals surface area (Å²) in [6.07, 6.45) is 7.32. The molecular weight excluding hydrogens is 322 g/mol. The zero-order valence-corrected chi connectivity index (χ0v) is 13.7. The predicted octanol–water partition coefficient (Wildman–Crippen LogP) is 4.53. The second-order valence-electron chi connectivity index (χ2n) is 5.22. The Hall–Kier alpha value is -0.480. The van der Waals surface area contributed by atoms with Crippen LogP contribution in [0.5, 0.6) is 0 Å². The number of carbonyl (C=O) groups is 1. The first-order valence-electron chi connectivity index (χ1n) is 6.85. The van der Waals surface area contributed by atoms with Crippen molar-refractivity contribution in [3.63, 3.8) is 0 Å². The van der Waals surface area contributed by atoms with E-state index in [1.165, 1.54) is 25.7 Å². The number of rotatable bonds is 2. The van der Waals surface area contributed by atoms with Crippen LogP contribution < -0.4 is 0 Å². The molecule has 1 aliphatic rings. The Balaban J connectivity index is 2.13. The molecule has 2 nitrogen and oxygen atoms in total. The minimum atomic E-state index is 0.0874. The fraction of sp³-hybridized carbons (Fsp3) is 0.533. The van der Waals surface area contributed by atoms with Gasteiger partial charge >= 0.3 is 0 Å². The van der Waals surface area contributed by atoms with Gasteiger partial charge in [-0.05, 0) is 31.0 Å². The molecule has 19 heavy (non-hydrogen) atoms. The SMILES string of the molecule is CN(C(=O)c1ccc(Br)cc1S)C1CCCCCC1. The molecule has 0 heterocycles. The number of halogens is 1. The van der Waals surface area contributed by atoms with Crippen molar-refractivity contribution in [2.24, 2.45) is 0 Å². The van der Waals surface area contributed by atoms with Gasteiger partial charge in [0.1, 0.15) is 0 Å². The van der Waals surface area contributed by atoms with Crippen LogP contribution in [0.2, 0.25) is 0 Å². The first-order chi connectivity index (χ1) is 9.09. The molecule has 0 radical (unpaired) electrons. The smallest absolute Gasteiger partial charge is 0.254 e. The van der Waals surface area contributed by atoms with Gasteiger partial charge in [0.25, 0.3) is 5.91 Å². The third-order valence-electron chi connectivity index (χ3n) is 3.88. The van der Waals surface area contributed by atoms with Crippen molar-refractivity contribution >= 4 is 34.5 Å². The summed E-state index contributed by atoms with van der Waals surface area (Å²) in [7, 11) is 1.92. The van der Waals surface area contributed by atoms with Crippen LogP contribution in [0.15, 0.2) is 27.6 Å². The van der Waals surface area contributed by atoms with Gasteiger partial charge in [-0.15, -0.1) is 12.6 Å². The van der Waals surface area contributed by atoms with E-state index in [0.717, 1.165) is 22.2 Å². The summed E-state index contributed by atoms with van der Waals surface area (Å²) in [6, 6.07) is 6.00. The molecule has 1 aromatic carbocycles. The first kappa shape index (κ1) is 14.9. The Morgan fingerprint density at radius 2 is 1.89 bits per heavy atom. The number of hydrogen-bond donors (Lipinski definition) is 1. The molecule has 1 aliphatic carbocycles. The lowest BCUT2D eigenvalue weighted by Gasteiger charge is -2.27. The molecule has 1 fully saturated rings. The number of nitrogens with zero attached hydrogens (tertiary/aromatic N) is 1. The molecule has 0 aromatic heterocycles. The van der Waals surface area contributed by atoms with Crippen LogP contribution in [0.25, 0.3) is 0 Å². The average molecular weight is 342 g/mol. The van der Waals surface area contributed by atoms with Crippen LogP contribution in [0.4, 0.5) is 0 Å². The van der Waals surface area contributed by atoms with Gasteiger partial charge in [0.05, 0.1) is 5.56 Å². The van der Waals surface area contributed by atoms with Crippen molar-refractivity contribution < 1.29 is 4.79 Å². The Morgan fingerprint density at radius 1 is 1.26 bits per heavy atom. The number of amides is 1. The molecule has 1 amide bonds. The highest BCUT2D eigenvalue weighted by molar-refractivity contribution is 9.10. The van der Waals surface area contributed by atoms with E-state index in [1.54, 1.807) is 0 Å². The molecule has 0 saturated heterocycles. The monoisotopic (exact) mass is 341 g/mol. The van der Waals surface area contributed by atoms with E-state index in [9.17, 15) is 4.79 Å². The molecule has 1 aromatic rings. The van der Waals surface area contributed by atoms with Gasteiger partial charge in [0.2, 0.25) is 0 Å². The Kier molecular flexibility index (Phi) is 5.34. The maximum Gasteiger partial charge on any atom is 0.254 e. The van der Waals surface area contributed by atoms with Crippen LogP contribution in [-0.2, 0) is 0 Å². The van der Waals surface area contributed by atoms with Crippen LogP contribution in [0.1, 0.15) is 48.9 Å². The summed E-state index contributed by atoms with van der Waals surface area (Å²) >= 11 is 7.80. The predicted molar refractivity (Wildman–Crippen MR) is 85.0 cm³/mol. The molecule has 1 saturated carbocycles. The van der Waals surface area contributed by atoms with Gasteiger partial charge in [-0.25, -0.2) is 0 Å². The Labute approximate surface area is 129 Å². The average Bonchev–Trinajstić information content (AvgIpc) is 2.66. The molecular formula is C15H20BrNOS. The largest absolute Gasteiger partial charge is 0.339 e. The highest BCUT2D eigenvalue weighted by atomic mass is 79.9. The van der Waals surface area contributed by atoms with Gasteiger partial charge in [-0.1, -0.05) is 41.6 Å². The van der Waals surface area contributed by atoms with Crippen molar-refractivity contribution in [3.8, 4) is 0 Å². The Bertz CT molecular complexity index is 455. The number of benzene rings is 1. The maximum atomic E-state index is 12.6. The van der Waals surface area contributed by atoms with Crippen LogP contribution in [-0.4, -0.2) is 23.9 Å². The number of thiol groups is 1. The van der Waals surface area contributed by atoms with Gasteiger partial charge in [-0.2, -0.15) is 0 Å². The molecule has 0 N–H and O–H groups in total. The Morgan fingerprint density at radius 3 is 2.47 bits per heavy atom. The molecule has 2 rings (SSSR count). The standard InChI is InChI=1S/C15H20BrNOS/c1-17(12-6-4-2-3-5-7-12)15(18)13-9-8-11(16)10-14(13)19/h8-10,12,19H,2-7H2,1H3. The summed E-state index contributed by atoms with van der Waals surface area (Å²) in [4.78, 5) is 15.2. The molecule has 4 heteroatoms. The van der Waals surface area contributed by atoms with Crippen LogP contribution in [0.3, 0.4) is 0 Å². The summed E-state index contributed by atoms with van der Waals surface area (Å²) in [6.45, 7) is 0. The zero-order chi connectivity index (χ0) is 13.8. The highest BCUT2D eigenvalue weighted by Crippen LogP contribution is 2.25. The van der Waals surface area contributed by atoms with Gasteiger partial charge < -0.3 is 4.90 Å². The summed E-state index contributed by atoms with van der Waals surface area (Å²) < 4.78 is 0.950. The molecule has 0 bridgehead atoms. The summed E-state index contributed by atoms with van der Waals surface area (Å²) in [5.41, 5.74) is 0.693. The third-order valence-corrected chi connectivity index (χ3v) is 4.75. The van der Waals surface area contributed by atoms with E-state index in [1.807, 2.05) is 30.1 Å². The lowest BCUT2D eigenvalue weighted by Crippen LogP contribution is -2.36. The summed E-state index contributed by atoms with van der Waals surface area (Å²) in [5.74, 6) is 0.0874. The van der Waals surface area contributed by atoms with Crippen LogP contribution >= 0.6 is 28.6 Å². The molecule has 0 unspecified atom stereocenters. The second kappa shape index (κ2) is 6.80. The van der Waals surface area contributed by atoms with Gasteiger partial charge in [-0.3, -0.25) is 4.79 Å². The fourth-order valence-electron chi connectivity index (χ4n) is 2.69. The topological polar surface area (TPSA) is 20.3 Å². The minimum absolute atomic E-state index is 0.0874. The van der Waals surface area contributed by atoms with Crippen LogP contribution in [0, 0.1) is 0 Å². The van der Waals surface area contributed by atoms with E-state index < -0.39 is 0 Å². The third kappa shape index (κ3) is 3.76. The maximum absolute atomic E-state index is 12.6. The molecule has 0 aliphatic heterocycles. The minimum Gasteiger partial charge on any atom is -0.339 e. The molecule has 0 spiro atoms. The van der Waals surface area contributed by atoms with Crippen molar-refractivity contribution in [1.29, 1.82) is 0 Å². The van der Waals surface area contributed by atoms with E-state index in [0.29, 0.717) is 11.6 Å². The lowest BCUT2D eigenvalue weighted by atomic mass is 10.1. The summed E-state index contributed by atoms with van der Waals surface area (Å²) in [5, 5.41) is 0. The van der Waals surface area contributed by atoms with Crippen molar-refractivity contribution in [3.05, 3.63) is 28.2 Å². The molecule has 104 valence electrons. The van der Waals surface area contributed by atoms with E-state index in [2.05, 4.69) is 28.6 Å². The zero-order valence-electron chi connectivity index (χ0n) is 11.2. The first-order valence-corrected chi connectivity index (χ1v) is 8.09. The normalized spacial score (nSPS) is 17.0. The van der Waals surface area contributed by atoms with E-state index >= 15 is 0 Å². The number of carbonyl (C=O) groups excluding carboxylic acids is 1. The van der Waals surface area contributed by atoms with E-state index in [4.69, 9.17) is 0 Å². The second-order valence-corrected chi connectivity index (χ2v) is 6.62. The quantitative estimate of drug-likeness (QED) is 0.618. The van der Waals surface area contributed by atoms with Crippen molar-refractivity contribution in [1.82, 2.24) is 4.90 Å². The van der Waals surface area contributed by atoms with Gasteiger partial charge in [0.15, 0.2) is 0 Å².